The number of methoxy groups -OCH3 is 1. The second-order valence-corrected chi connectivity index (χ2v) is 5.15. The van der Waals surface area contributed by atoms with Gasteiger partial charge in [-0.1, -0.05) is 19.1 Å². The quantitative estimate of drug-likeness (QED) is 0.808. The molecule has 1 aromatic rings. The summed E-state index contributed by atoms with van der Waals surface area (Å²) in [7, 11) is 1.72. The maximum Gasteiger partial charge on any atom is 0.119 e. The van der Waals surface area contributed by atoms with Crippen molar-refractivity contribution < 1.29 is 9.47 Å². The Morgan fingerprint density at radius 1 is 1.22 bits per heavy atom. The molecular formula is C15H25NO2. The monoisotopic (exact) mass is 251 g/mol. The number of nitrogens with two attached hydrogens (primary N) is 1. The van der Waals surface area contributed by atoms with Crippen molar-refractivity contribution >= 4 is 0 Å². The van der Waals surface area contributed by atoms with E-state index in [0.717, 1.165) is 24.2 Å². The van der Waals surface area contributed by atoms with Gasteiger partial charge in [0.1, 0.15) is 5.75 Å². The minimum absolute atomic E-state index is 0.117. The number of benzene rings is 1. The van der Waals surface area contributed by atoms with Crippen LogP contribution in [0.4, 0.5) is 0 Å². The SMILES string of the molecule is CC[C@@H](N)c1ccc(OCCC(C)(C)OC)cc1. The van der Waals surface area contributed by atoms with Crippen molar-refractivity contribution in [3.05, 3.63) is 29.8 Å². The van der Waals surface area contributed by atoms with Gasteiger partial charge in [-0.15, -0.1) is 0 Å². The first kappa shape index (κ1) is 15.0. The van der Waals surface area contributed by atoms with Crippen molar-refractivity contribution in [3.8, 4) is 5.75 Å². The molecule has 0 spiro atoms. The van der Waals surface area contributed by atoms with Gasteiger partial charge in [0, 0.05) is 19.6 Å². The second-order valence-electron chi connectivity index (χ2n) is 5.15. The van der Waals surface area contributed by atoms with Crippen LogP contribution in [0.15, 0.2) is 24.3 Å². The Bertz CT molecular complexity index is 346. The van der Waals surface area contributed by atoms with E-state index in [1.165, 1.54) is 0 Å². The van der Waals surface area contributed by atoms with Crippen molar-refractivity contribution in [2.75, 3.05) is 13.7 Å². The summed E-state index contributed by atoms with van der Waals surface area (Å²) in [5.74, 6) is 0.883. The van der Waals surface area contributed by atoms with Gasteiger partial charge in [0.15, 0.2) is 0 Å². The third kappa shape index (κ3) is 4.67. The van der Waals surface area contributed by atoms with Crippen LogP contribution in [-0.2, 0) is 4.74 Å². The molecule has 0 aliphatic rings. The van der Waals surface area contributed by atoms with E-state index in [2.05, 4.69) is 20.8 Å². The summed E-state index contributed by atoms with van der Waals surface area (Å²) in [6, 6.07) is 8.14. The highest BCUT2D eigenvalue weighted by Crippen LogP contribution is 2.19. The first-order chi connectivity index (χ1) is 8.48. The summed E-state index contributed by atoms with van der Waals surface area (Å²) in [5.41, 5.74) is 6.98. The second kappa shape index (κ2) is 6.76. The number of hydrogen-bond acceptors (Lipinski definition) is 3. The van der Waals surface area contributed by atoms with Crippen molar-refractivity contribution in [1.29, 1.82) is 0 Å². The van der Waals surface area contributed by atoms with Crippen LogP contribution in [0.3, 0.4) is 0 Å². The zero-order valence-corrected chi connectivity index (χ0v) is 11.9. The third-order valence-corrected chi connectivity index (χ3v) is 3.27. The first-order valence-corrected chi connectivity index (χ1v) is 6.52. The highest BCUT2D eigenvalue weighted by Gasteiger charge is 2.15. The van der Waals surface area contributed by atoms with E-state index >= 15 is 0 Å². The van der Waals surface area contributed by atoms with Crippen LogP contribution in [0.25, 0.3) is 0 Å². The normalized spacial score (nSPS) is 13.4. The average Bonchev–Trinajstić information content (AvgIpc) is 2.38. The van der Waals surface area contributed by atoms with Crippen LogP contribution >= 0.6 is 0 Å². The molecule has 0 bridgehead atoms. The summed E-state index contributed by atoms with van der Waals surface area (Å²) in [6.07, 6.45) is 1.81. The fraction of sp³-hybridized carbons (Fsp3) is 0.600. The lowest BCUT2D eigenvalue weighted by Crippen LogP contribution is -2.25. The summed E-state index contributed by atoms with van der Waals surface area (Å²) in [4.78, 5) is 0. The lowest BCUT2D eigenvalue weighted by Gasteiger charge is -2.22. The Labute approximate surface area is 110 Å². The summed E-state index contributed by atoms with van der Waals surface area (Å²) in [5, 5.41) is 0. The lowest BCUT2D eigenvalue weighted by molar-refractivity contribution is 0.00545. The third-order valence-electron chi connectivity index (χ3n) is 3.27. The minimum Gasteiger partial charge on any atom is -0.493 e. The average molecular weight is 251 g/mol. The largest absolute Gasteiger partial charge is 0.493 e. The minimum atomic E-state index is -0.134. The van der Waals surface area contributed by atoms with Gasteiger partial charge < -0.3 is 15.2 Å². The summed E-state index contributed by atoms with van der Waals surface area (Å²) in [6.45, 7) is 6.85. The van der Waals surface area contributed by atoms with Crippen LogP contribution in [0.5, 0.6) is 5.75 Å². The summed E-state index contributed by atoms with van der Waals surface area (Å²) >= 11 is 0. The van der Waals surface area contributed by atoms with Crippen molar-refractivity contribution in [1.82, 2.24) is 0 Å². The molecule has 0 aliphatic heterocycles. The fourth-order valence-electron chi connectivity index (χ4n) is 1.56. The lowest BCUT2D eigenvalue weighted by atomic mass is 10.1. The molecule has 0 amide bonds. The molecule has 18 heavy (non-hydrogen) atoms. The van der Waals surface area contributed by atoms with Gasteiger partial charge in [0.2, 0.25) is 0 Å². The predicted molar refractivity (Wildman–Crippen MR) is 74.9 cm³/mol. The topological polar surface area (TPSA) is 44.5 Å². The van der Waals surface area contributed by atoms with E-state index in [0.29, 0.717) is 6.61 Å². The van der Waals surface area contributed by atoms with E-state index in [-0.39, 0.29) is 11.6 Å². The van der Waals surface area contributed by atoms with Gasteiger partial charge in [-0.25, -0.2) is 0 Å². The molecule has 1 rings (SSSR count). The molecule has 3 nitrogen and oxygen atoms in total. The van der Waals surface area contributed by atoms with E-state index in [1.54, 1.807) is 7.11 Å². The summed E-state index contributed by atoms with van der Waals surface area (Å²) < 4.78 is 11.0. The molecule has 0 heterocycles. The Balaban J connectivity index is 2.45. The molecule has 0 saturated carbocycles. The van der Waals surface area contributed by atoms with Crippen molar-refractivity contribution in [3.63, 3.8) is 0 Å². The first-order valence-electron chi connectivity index (χ1n) is 6.52. The molecule has 0 radical (unpaired) electrons. The smallest absolute Gasteiger partial charge is 0.119 e. The van der Waals surface area contributed by atoms with E-state index in [4.69, 9.17) is 15.2 Å². The molecule has 1 aromatic carbocycles. The van der Waals surface area contributed by atoms with Gasteiger partial charge in [-0.3, -0.25) is 0 Å². The Morgan fingerprint density at radius 3 is 2.33 bits per heavy atom. The van der Waals surface area contributed by atoms with Crippen molar-refractivity contribution in [2.45, 2.75) is 45.3 Å². The zero-order chi connectivity index (χ0) is 13.6. The molecule has 102 valence electrons. The van der Waals surface area contributed by atoms with Gasteiger partial charge in [-0.2, -0.15) is 0 Å². The number of ether oxygens (including phenoxy) is 2. The molecule has 0 aromatic heterocycles. The Hall–Kier alpha value is -1.06. The maximum absolute atomic E-state index is 5.96. The highest BCUT2D eigenvalue weighted by atomic mass is 16.5. The van der Waals surface area contributed by atoms with Crippen LogP contribution in [0, 0.1) is 0 Å². The van der Waals surface area contributed by atoms with Crippen LogP contribution < -0.4 is 10.5 Å². The molecule has 0 saturated heterocycles. The number of rotatable bonds is 7. The van der Waals surface area contributed by atoms with Crippen LogP contribution in [-0.4, -0.2) is 19.3 Å². The fourth-order valence-corrected chi connectivity index (χ4v) is 1.56. The molecule has 2 N–H and O–H groups in total. The Morgan fingerprint density at radius 2 is 1.83 bits per heavy atom. The molecule has 0 unspecified atom stereocenters. The van der Waals surface area contributed by atoms with Crippen molar-refractivity contribution in [2.24, 2.45) is 5.73 Å². The molecular weight excluding hydrogens is 226 g/mol. The van der Waals surface area contributed by atoms with Crippen LogP contribution in [0.1, 0.15) is 45.2 Å². The zero-order valence-electron chi connectivity index (χ0n) is 11.9. The van der Waals surface area contributed by atoms with E-state index in [1.807, 2.05) is 24.3 Å². The van der Waals surface area contributed by atoms with E-state index < -0.39 is 0 Å². The number of hydrogen-bond donors (Lipinski definition) is 1. The van der Waals surface area contributed by atoms with Gasteiger partial charge in [0.25, 0.3) is 0 Å². The Kier molecular flexibility index (Phi) is 5.63. The molecule has 0 aliphatic carbocycles. The standard InChI is InChI=1S/C15H25NO2/c1-5-14(16)12-6-8-13(9-7-12)18-11-10-15(2,3)17-4/h6-9,14H,5,10-11,16H2,1-4H3/t14-/m1/s1. The maximum atomic E-state index is 5.96. The van der Waals surface area contributed by atoms with Gasteiger partial charge >= 0.3 is 0 Å². The van der Waals surface area contributed by atoms with Crippen LogP contribution in [0.2, 0.25) is 0 Å². The van der Waals surface area contributed by atoms with E-state index in [9.17, 15) is 0 Å². The van der Waals surface area contributed by atoms with Gasteiger partial charge in [0.05, 0.1) is 12.2 Å². The van der Waals surface area contributed by atoms with Gasteiger partial charge in [-0.05, 0) is 38.0 Å². The highest BCUT2D eigenvalue weighted by molar-refractivity contribution is 5.28. The molecule has 1 atom stereocenters. The molecule has 0 fully saturated rings. The molecule has 3 heteroatoms. The predicted octanol–water partition coefficient (Wildman–Crippen LogP) is 3.29.